The maximum Gasteiger partial charge on any atom is 0.260 e. The fourth-order valence-electron chi connectivity index (χ4n) is 1.91. The molecule has 7 nitrogen and oxygen atoms in total. The second-order valence-corrected chi connectivity index (χ2v) is 5.16. The summed E-state index contributed by atoms with van der Waals surface area (Å²) in [4.78, 5) is 20.4. The molecule has 3 heterocycles. The smallest absolute Gasteiger partial charge is 0.260 e. The number of anilines is 1. The molecule has 0 unspecified atom stereocenters. The van der Waals surface area contributed by atoms with E-state index in [9.17, 15) is 9.90 Å². The van der Waals surface area contributed by atoms with Gasteiger partial charge in [-0.2, -0.15) is 5.10 Å². The van der Waals surface area contributed by atoms with Crippen LogP contribution >= 0.6 is 15.9 Å². The third-order valence-corrected chi connectivity index (χ3v) is 3.65. The maximum absolute atomic E-state index is 12.3. The monoisotopic (exact) mass is 347 g/mol. The number of aryl methyl sites for hydroxylation is 1. The molecule has 0 fully saturated rings. The minimum absolute atomic E-state index is 0.0781. The van der Waals surface area contributed by atoms with Crippen LogP contribution < -0.4 is 5.32 Å². The maximum atomic E-state index is 12.3. The molecule has 3 aromatic heterocycles. The Hall–Kier alpha value is -2.48. The highest BCUT2D eigenvalue weighted by Gasteiger charge is 2.16. The molecule has 0 aliphatic rings. The predicted octanol–water partition coefficient (Wildman–Crippen LogP) is 2.15. The number of aromatic hydroxyl groups is 1. The van der Waals surface area contributed by atoms with Crippen molar-refractivity contribution in [1.82, 2.24) is 19.6 Å². The van der Waals surface area contributed by atoms with E-state index in [1.165, 1.54) is 12.4 Å². The first-order chi connectivity index (χ1) is 10.1. The van der Waals surface area contributed by atoms with Gasteiger partial charge >= 0.3 is 0 Å². The molecule has 3 rings (SSSR count). The zero-order valence-electron chi connectivity index (χ0n) is 10.9. The van der Waals surface area contributed by atoms with Crippen LogP contribution in [0.4, 0.5) is 5.82 Å². The van der Waals surface area contributed by atoms with Crippen molar-refractivity contribution in [3.63, 3.8) is 0 Å². The molecule has 0 saturated carbocycles. The van der Waals surface area contributed by atoms with E-state index in [0.29, 0.717) is 21.4 Å². The first-order valence-corrected chi connectivity index (χ1v) is 6.81. The highest BCUT2D eigenvalue weighted by molar-refractivity contribution is 9.10. The van der Waals surface area contributed by atoms with Gasteiger partial charge in [-0.25, -0.2) is 14.5 Å². The van der Waals surface area contributed by atoms with Gasteiger partial charge in [-0.3, -0.25) is 4.79 Å². The summed E-state index contributed by atoms with van der Waals surface area (Å²) < 4.78 is 2.02. The van der Waals surface area contributed by atoms with Gasteiger partial charge < -0.3 is 10.4 Å². The summed E-state index contributed by atoms with van der Waals surface area (Å²) >= 11 is 3.17. The van der Waals surface area contributed by atoms with E-state index < -0.39 is 5.91 Å². The normalized spacial score (nSPS) is 10.8. The zero-order chi connectivity index (χ0) is 15.0. The topological polar surface area (TPSA) is 92.4 Å². The van der Waals surface area contributed by atoms with Crippen LogP contribution in [-0.4, -0.2) is 30.6 Å². The summed E-state index contributed by atoms with van der Waals surface area (Å²) in [5.41, 5.74) is 1.66. The molecular weight excluding hydrogens is 338 g/mol. The second-order valence-electron chi connectivity index (χ2n) is 4.30. The molecule has 106 valence electrons. The highest BCUT2D eigenvalue weighted by Crippen LogP contribution is 2.29. The number of pyridine rings is 1. The molecule has 8 heteroatoms. The number of carbonyl (C=O) groups excluding carboxylic acids is 1. The largest absolute Gasteiger partial charge is 0.503 e. The van der Waals surface area contributed by atoms with Crippen molar-refractivity contribution < 1.29 is 9.90 Å². The van der Waals surface area contributed by atoms with Crippen LogP contribution in [0.3, 0.4) is 0 Å². The van der Waals surface area contributed by atoms with Crippen molar-refractivity contribution in [1.29, 1.82) is 0 Å². The quantitative estimate of drug-likeness (QED) is 0.740. The van der Waals surface area contributed by atoms with Gasteiger partial charge in [0.25, 0.3) is 5.91 Å². The highest BCUT2D eigenvalue weighted by atomic mass is 79.9. The molecule has 0 bridgehead atoms. The van der Waals surface area contributed by atoms with Gasteiger partial charge in [0.05, 0.1) is 21.9 Å². The number of nitrogens with zero attached hydrogens (tertiary/aromatic N) is 4. The molecule has 0 aliphatic carbocycles. The molecule has 21 heavy (non-hydrogen) atoms. The summed E-state index contributed by atoms with van der Waals surface area (Å²) in [6.07, 6.45) is 4.55. The molecule has 0 saturated heterocycles. The SMILES string of the molecule is Cc1c(C(=O)Nc2nccc(Br)c2O)cnc2ccnn12. The summed E-state index contributed by atoms with van der Waals surface area (Å²) in [7, 11) is 0. The summed E-state index contributed by atoms with van der Waals surface area (Å²) in [5, 5.41) is 16.5. The molecule has 0 atom stereocenters. The van der Waals surface area contributed by atoms with E-state index in [4.69, 9.17) is 0 Å². The fourth-order valence-corrected chi connectivity index (χ4v) is 2.22. The van der Waals surface area contributed by atoms with E-state index in [1.807, 2.05) is 0 Å². The van der Waals surface area contributed by atoms with Crippen molar-refractivity contribution >= 4 is 33.3 Å². The molecule has 0 aromatic carbocycles. The van der Waals surface area contributed by atoms with Crippen LogP contribution in [-0.2, 0) is 0 Å². The Morgan fingerprint density at radius 2 is 2.14 bits per heavy atom. The average Bonchev–Trinajstić information content (AvgIpc) is 2.93. The van der Waals surface area contributed by atoms with Gasteiger partial charge in [0.2, 0.25) is 0 Å². The Kier molecular flexibility index (Phi) is 3.30. The second kappa shape index (κ2) is 5.13. The lowest BCUT2D eigenvalue weighted by Gasteiger charge is -2.09. The first kappa shape index (κ1) is 13.5. The van der Waals surface area contributed by atoms with Crippen molar-refractivity contribution in [3.8, 4) is 5.75 Å². The van der Waals surface area contributed by atoms with Gasteiger partial charge in [0.1, 0.15) is 0 Å². The number of nitrogens with one attached hydrogen (secondary N) is 1. The molecule has 0 spiro atoms. The standard InChI is InChI=1S/C13H10BrN5O2/c1-7-8(6-16-10-3-5-17-19(7)10)13(21)18-12-11(20)9(14)2-4-15-12/h2-6,20H,1H3,(H,15,18,21). The third kappa shape index (κ3) is 2.33. The number of rotatable bonds is 2. The van der Waals surface area contributed by atoms with E-state index >= 15 is 0 Å². The lowest BCUT2D eigenvalue weighted by molar-refractivity contribution is 0.102. The lowest BCUT2D eigenvalue weighted by Crippen LogP contribution is -2.17. The number of hydrogen-bond acceptors (Lipinski definition) is 5. The molecule has 3 aromatic rings. The Bertz CT molecular complexity index is 846. The lowest BCUT2D eigenvalue weighted by atomic mass is 10.2. The van der Waals surface area contributed by atoms with Crippen LogP contribution in [0.15, 0.2) is 35.2 Å². The Labute approximate surface area is 127 Å². The van der Waals surface area contributed by atoms with E-state index in [2.05, 4.69) is 36.3 Å². The number of fused-ring (bicyclic) bond motifs is 1. The number of hydrogen-bond donors (Lipinski definition) is 2. The van der Waals surface area contributed by atoms with Gasteiger partial charge in [0, 0.05) is 18.5 Å². The van der Waals surface area contributed by atoms with Gasteiger partial charge in [-0.1, -0.05) is 0 Å². The van der Waals surface area contributed by atoms with Gasteiger partial charge in [-0.15, -0.1) is 0 Å². The van der Waals surface area contributed by atoms with E-state index in [0.717, 1.165) is 0 Å². The number of halogens is 1. The molecule has 0 radical (unpaired) electrons. The zero-order valence-corrected chi connectivity index (χ0v) is 12.5. The van der Waals surface area contributed by atoms with Crippen LogP contribution in [0.2, 0.25) is 0 Å². The van der Waals surface area contributed by atoms with Crippen LogP contribution in [0.5, 0.6) is 5.75 Å². The molecule has 0 aliphatic heterocycles. The minimum Gasteiger partial charge on any atom is -0.503 e. The molecule has 2 N–H and O–H groups in total. The fraction of sp³-hybridized carbons (Fsp3) is 0.0769. The molecule has 1 amide bonds. The summed E-state index contributed by atoms with van der Waals surface area (Å²) in [6, 6.07) is 3.32. The van der Waals surface area contributed by atoms with Crippen LogP contribution in [0.25, 0.3) is 5.65 Å². The van der Waals surface area contributed by atoms with E-state index in [-0.39, 0.29) is 11.6 Å². The van der Waals surface area contributed by atoms with Crippen molar-refractivity contribution in [2.75, 3.05) is 5.32 Å². The van der Waals surface area contributed by atoms with E-state index in [1.54, 1.807) is 29.8 Å². The predicted molar refractivity (Wildman–Crippen MR) is 79.3 cm³/mol. The average molecular weight is 348 g/mol. The summed E-state index contributed by atoms with van der Waals surface area (Å²) in [6.45, 7) is 1.77. The van der Waals surface area contributed by atoms with Gasteiger partial charge in [0.15, 0.2) is 17.2 Å². The third-order valence-electron chi connectivity index (χ3n) is 3.01. The van der Waals surface area contributed by atoms with Gasteiger partial charge in [-0.05, 0) is 28.9 Å². The minimum atomic E-state index is -0.418. The molecular formula is C13H10BrN5O2. The Morgan fingerprint density at radius 3 is 2.95 bits per heavy atom. The van der Waals surface area contributed by atoms with Crippen molar-refractivity contribution in [3.05, 3.63) is 46.5 Å². The van der Waals surface area contributed by atoms with Crippen LogP contribution in [0.1, 0.15) is 16.1 Å². The number of aromatic nitrogens is 4. The summed E-state index contributed by atoms with van der Waals surface area (Å²) in [5.74, 6) is -0.468. The van der Waals surface area contributed by atoms with Crippen LogP contribution in [0, 0.1) is 6.92 Å². The number of carbonyl (C=O) groups is 1. The van der Waals surface area contributed by atoms with Crippen molar-refractivity contribution in [2.24, 2.45) is 0 Å². The Balaban J connectivity index is 1.97. The number of amides is 1. The Morgan fingerprint density at radius 1 is 1.33 bits per heavy atom. The van der Waals surface area contributed by atoms with Crippen molar-refractivity contribution in [2.45, 2.75) is 6.92 Å². The first-order valence-electron chi connectivity index (χ1n) is 6.02.